The van der Waals surface area contributed by atoms with Gasteiger partial charge in [0.25, 0.3) is 27.7 Å². The maximum Gasteiger partial charge on any atom is 0.325 e. The number of nitrogens with zero attached hydrogens (tertiary/aromatic N) is 1. The molecule has 13 heteroatoms. The first-order valence-corrected chi connectivity index (χ1v) is 13.0. The molecule has 3 aromatic rings. The molecule has 0 bridgehead atoms. The average Bonchev–Trinajstić information content (AvgIpc) is 2.95. The summed E-state index contributed by atoms with van der Waals surface area (Å²) in [7, 11) is -1.50. The highest BCUT2D eigenvalue weighted by Crippen LogP contribution is 2.13. The molecule has 0 atom stereocenters. The fraction of sp³-hybridized carbons (Fsp3) is 0.192. The zero-order valence-corrected chi connectivity index (χ0v) is 21.9. The number of pyridine rings is 1. The maximum absolute atomic E-state index is 12.7. The topological polar surface area (TPSA) is 170 Å². The molecule has 3 amide bonds. The van der Waals surface area contributed by atoms with E-state index in [1.165, 1.54) is 43.5 Å². The molecule has 0 aliphatic carbocycles. The summed E-state index contributed by atoms with van der Waals surface area (Å²) in [6, 6.07) is 15.0. The van der Waals surface area contributed by atoms with Gasteiger partial charge in [0.1, 0.15) is 18.0 Å². The maximum atomic E-state index is 12.7. The largest absolute Gasteiger partial charge is 0.497 e. The summed E-state index contributed by atoms with van der Waals surface area (Å²) in [5, 5.41) is 5.06. The Bertz CT molecular complexity index is 1440. The molecular formula is C26H26N4O8S. The molecule has 0 radical (unpaired) electrons. The molecule has 204 valence electrons. The number of rotatable bonds is 11. The fourth-order valence-electron chi connectivity index (χ4n) is 3.22. The van der Waals surface area contributed by atoms with Crippen LogP contribution < -0.4 is 20.1 Å². The van der Waals surface area contributed by atoms with Crippen molar-refractivity contribution in [2.24, 2.45) is 0 Å². The van der Waals surface area contributed by atoms with Crippen LogP contribution in [-0.2, 0) is 26.0 Å². The Morgan fingerprint density at radius 3 is 2.05 bits per heavy atom. The van der Waals surface area contributed by atoms with Crippen molar-refractivity contribution in [3.63, 3.8) is 0 Å². The van der Waals surface area contributed by atoms with Crippen LogP contribution in [0.2, 0.25) is 0 Å². The van der Waals surface area contributed by atoms with Crippen molar-refractivity contribution in [3.8, 4) is 5.75 Å². The molecule has 0 unspecified atom stereocenters. The van der Waals surface area contributed by atoms with Gasteiger partial charge in [-0.15, -0.1) is 0 Å². The lowest BCUT2D eigenvalue weighted by Crippen LogP contribution is -2.32. The summed E-state index contributed by atoms with van der Waals surface area (Å²) in [4.78, 5) is 51.5. The van der Waals surface area contributed by atoms with Crippen LogP contribution in [0.5, 0.6) is 5.75 Å². The van der Waals surface area contributed by atoms with Crippen molar-refractivity contribution in [2.75, 3.05) is 27.3 Å². The number of hydrogen-bond donors (Lipinski definition) is 3. The summed E-state index contributed by atoms with van der Waals surface area (Å²) in [5.74, 6) is -1.93. The summed E-state index contributed by atoms with van der Waals surface area (Å²) in [5.41, 5.74) is 1.06. The van der Waals surface area contributed by atoms with Crippen molar-refractivity contribution >= 4 is 33.7 Å². The van der Waals surface area contributed by atoms with Gasteiger partial charge in [-0.2, -0.15) is 0 Å². The van der Waals surface area contributed by atoms with Crippen LogP contribution in [-0.4, -0.2) is 64.4 Å². The van der Waals surface area contributed by atoms with Gasteiger partial charge in [-0.05, 0) is 60.5 Å². The van der Waals surface area contributed by atoms with Gasteiger partial charge in [-0.1, -0.05) is 12.1 Å². The van der Waals surface area contributed by atoms with Crippen LogP contribution in [0.15, 0.2) is 71.8 Å². The van der Waals surface area contributed by atoms with E-state index in [1.807, 2.05) is 29.0 Å². The van der Waals surface area contributed by atoms with Crippen LogP contribution in [0.4, 0.5) is 0 Å². The van der Waals surface area contributed by atoms with Crippen molar-refractivity contribution in [1.82, 2.24) is 20.3 Å². The van der Waals surface area contributed by atoms with Gasteiger partial charge in [-0.3, -0.25) is 24.2 Å². The van der Waals surface area contributed by atoms with E-state index in [4.69, 9.17) is 4.74 Å². The molecule has 3 N–H and O–H groups in total. The Morgan fingerprint density at radius 1 is 0.795 bits per heavy atom. The Hall–Kier alpha value is -4.78. The average molecular weight is 555 g/mol. The predicted octanol–water partition coefficient (Wildman–Crippen LogP) is 1.08. The number of carbonyl (C=O) groups excluding carboxylic acids is 4. The zero-order chi connectivity index (χ0) is 28.4. The van der Waals surface area contributed by atoms with E-state index in [9.17, 15) is 27.6 Å². The zero-order valence-electron chi connectivity index (χ0n) is 21.1. The van der Waals surface area contributed by atoms with E-state index < -0.39 is 27.8 Å². The number of sulfonamides is 1. The van der Waals surface area contributed by atoms with Gasteiger partial charge in [0, 0.05) is 18.3 Å². The lowest BCUT2D eigenvalue weighted by atomic mass is 10.1. The van der Waals surface area contributed by atoms with E-state index in [2.05, 4.69) is 20.4 Å². The van der Waals surface area contributed by atoms with Gasteiger partial charge in [0.05, 0.1) is 24.7 Å². The summed E-state index contributed by atoms with van der Waals surface area (Å²) >= 11 is 0. The van der Waals surface area contributed by atoms with Crippen LogP contribution in [0, 0.1) is 0 Å². The molecule has 1 aromatic heterocycles. The molecule has 0 saturated carbocycles. The monoisotopic (exact) mass is 554 g/mol. The number of esters is 1. The van der Waals surface area contributed by atoms with E-state index in [1.54, 1.807) is 7.11 Å². The molecule has 39 heavy (non-hydrogen) atoms. The number of aromatic nitrogens is 1. The molecule has 3 rings (SSSR count). The smallest absolute Gasteiger partial charge is 0.325 e. The van der Waals surface area contributed by atoms with Gasteiger partial charge in [0.15, 0.2) is 0 Å². The molecule has 0 fully saturated rings. The highest BCUT2D eigenvalue weighted by atomic mass is 32.2. The van der Waals surface area contributed by atoms with Gasteiger partial charge >= 0.3 is 5.97 Å². The molecule has 0 aliphatic heterocycles. The standard InChI is InChI=1S/C26H26N4O8S/c1-37-20-8-3-17(4-9-20)13-14-27-24(32)18-5-10-21(11-6-18)39(35,36)30-25(33)19-7-12-22(28-15-19)26(34)29-16-23(31)38-2/h3-12,15H,13-14,16H2,1-2H3,(H,27,32)(H,29,34)(H,30,33). The first-order valence-electron chi connectivity index (χ1n) is 11.5. The van der Waals surface area contributed by atoms with Gasteiger partial charge in [-0.25, -0.2) is 13.1 Å². The van der Waals surface area contributed by atoms with Gasteiger partial charge < -0.3 is 20.1 Å². The Morgan fingerprint density at radius 2 is 1.46 bits per heavy atom. The summed E-state index contributed by atoms with van der Waals surface area (Å²) in [6.07, 6.45) is 1.62. The third-order valence-electron chi connectivity index (χ3n) is 5.39. The van der Waals surface area contributed by atoms with Crippen LogP contribution in [0.25, 0.3) is 0 Å². The van der Waals surface area contributed by atoms with E-state index >= 15 is 0 Å². The number of carbonyl (C=O) groups is 4. The summed E-state index contributed by atoms with van der Waals surface area (Å²) in [6.45, 7) is 0.0165. The van der Waals surface area contributed by atoms with E-state index in [0.29, 0.717) is 13.0 Å². The lowest BCUT2D eigenvalue weighted by molar-refractivity contribution is -0.139. The Labute approximate surface area is 224 Å². The lowest BCUT2D eigenvalue weighted by Gasteiger charge is -2.09. The van der Waals surface area contributed by atoms with Crippen LogP contribution in [0.1, 0.15) is 36.8 Å². The normalized spacial score (nSPS) is 10.7. The molecule has 2 aromatic carbocycles. The fourth-order valence-corrected chi connectivity index (χ4v) is 4.19. The first kappa shape index (κ1) is 28.8. The number of amides is 3. The Balaban J connectivity index is 1.54. The van der Waals surface area contributed by atoms with E-state index in [-0.39, 0.29) is 34.2 Å². The van der Waals surface area contributed by atoms with Crippen molar-refractivity contribution in [2.45, 2.75) is 11.3 Å². The molecule has 0 saturated heterocycles. The highest BCUT2D eigenvalue weighted by Gasteiger charge is 2.20. The molecule has 0 aliphatic rings. The second-order valence-electron chi connectivity index (χ2n) is 8.00. The third kappa shape index (κ3) is 8.10. The number of hydrogen-bond acceptors (Lipinski definition) is 9. The van der Waals surface area contributed by atoms with Crippen molar-refractivity contribution in [1.29, 1.82) is 0 Å². The third-order valence-corrected chi connectivity index (χ3v) is 6.74. The summed E-state index contributed by atoms with van der Waals surface area (Å²) < 4.78 is 36.8. The SMILES string of the molecule is COC(=O)CNC(=O)c1ccc(C(=O)NS(=O)(=O)c2ccc(C(=O)NCCc3ccc(OC)cc3)cc2)cn1. The minimum absolute atomic E-state index is 0.0869. The number of methoxy groups -OCH3 is 2. The number of ether oxygens (including phenoxy) is 2. The van der Waals surface area contributed by atoms with Gasteiger partial charge in [0.2, 0.25) is 0 Å². The number of nitrogens with one attached hydrogen (secondary N) is 3. The van der Waals surface area contributed by atoms with E-state index in [0.717, 1.165) is 17.5 Å². The molecular weight excluding hydrogens is 528 g/mol. The minimum Gasteiger partial charge on any atom is -0.497 e. The second-order valence-corrected chi connectivity index (χ2v) is 9.69. The number of benzene rings is 2. The molecule has 0 spiro atoms. The minimum atomic E-state index is -4.26. The van der Waals surface area contributed by atoms with Crippen LogP contribution >= 0.6 is 0 Å². The highest BCUT2D eigenvalue weighted by molar-refractivity contribution is 7.90. The molecule has 12 nitrogen and oxygen atoms in total. The second kappa shape index (κ2) is 13.1. The van der Waals surface area contributed by atoms with Crippen LogP contribution in [0.3, 0.4) is 0 Å². The van der Waals surface area contributed by atoms with Crippen molar-refractivity contribution < 1.29 is 37.1 Å². The quantitative estimate of drug-likeness (QED) is 0.294. The Kier molecular flexibility index (Phi) is 9.70. The molecule has 1 heterocycles. The predicted molar refractivity (Wildman–Crippen MR) is 139 cm³/mol. The first-order chi connectivity index (χ1) is 18.6. The van der Waals surface area contributed by atoms with Crippen molar-refractivity contribution in [3.05, 3.63) is 89.2 Å².